The fraction of sp³-hybridized carbons (Fsp3) is 0.364. The Balaban J connectivity index is 2.04. The number of nitrogen functional groups attached to an aromatic ring is 1. The van der Waals surface area contributed by atoms with Crippen molar-refractivity contribution in [3.8, 4) is 11.3 Å². The first-order valence-corrected chi connectivity index (χ1v) is 5.77. The highest BCUT2D eigenvalue weighted by Gasteiger charge is 2.36. The van der Waals surface area contributed by atoms with Gasteiger partial charge in [-0.15, -0.1) is 0 Å². The van der Waals surface area contributed by atoms with Crippen molar-refractivity contribution in [1.82, 2.24) is 19.7 Å². The first kappa shape index (κ1) is 12.9. The van der Waals surface area contributed by atoms with Crippen molar-refractivity contribution >= 4 is 5.95 Å². The third kappa shape index (κ3) is 2.20. The van der Waals surface area contributed by atoms with Crippen molar-refractivity contribution in [1.29, 1.82) is 0 Å². The lowest BCUT2D eigenvalue weighted by Gasteiger charge is -2.25. The minimum Gasteiger partial charge on any atom is -0.377 e. The van der Waals surface area contributed by atoms with E-state index in [0.29, 0.717) is 19.4 Å². The molecule has 2 aromatic heterocycles. The lowest BCUT2D eigenvalue weighted by molar-refractivity contribution is -0.137. The van der Waals surface area contributed by atoms with Crippen molar-refractivity contribution in [2.45, 2.75) is 12.2 Å². The summed E-state index contributed by atoms with van der Waals surface area (Å²) in [7, 11) is 0. The van der Waals surface area contributed by atoms with Gasteiger partial charge in [-0.25, -0.2) is 9.97 Å². The molecule has 1 aliphatic heterocycles. The number of anilines is 1. The van der Waals surface area contributed by atoms with Crippen LogP contribution in [0.5, 0.6) is 0 Å². The van der Waals surface area contributed by atoms with Gasteiger partial charge < -0.3 is 10.5 Å². The fourth-order valence-electron chi connectivity index (χ4n) is 1.86. The van der Waals surface area contributed by atoms with Gasteiger partial charge in [0.25, 0.3) is 0 Å². The summed E-state index contributed by atoms with van der Waals surface area (Å²) in [5, 5.41) is 4.04. The number of nitrogens with zero attached hydrogens (tertiary/aromatic N) is 4. The molecular formula is C11H10F3N5O. The van der Waals surface area contributed by atoms with Gasteiger partial charge in [-0.2, -0.15) is 18.3 Å². The molecule has 9 heteroatoms. The zero-order chi connectivity index (χ0) is 14.3. The van der Waals surface area contributed by atoms with Crippen LogP contribution < -0.4 is 5.73 Å². The Bertz CT molecular complexity index is 635. The summed E-state index contributed by atoms with van der Waals surface area (Å²) in [6.45, 7) is 0.998. The highest BCUT2D eigenvalue weighted by atomic mass is 19.4. The number of ether oxygens (including phenoxy) is 1. The van der Waals surface area contributed by atoms with Crippen molar-refractivity contribution < 1.29 is 17.9 Å². The molecule has 1 fully saturated rings. The van der Waals surface area contributed by atoms with Gasteiger partial charge in [0.1, 0.15) is 5.56 Å². The molecule has 1 aliphatic rings. The maximum atomic E-state index is 12.9. The third-order valence-electron chi connectivity index (χ3n) is 2.98. The van der Waals surface area contributed by atoms with Gasteiger partial charge in [0, 0.05) is 18.0 Å². The number of rotatable bonds is 2. The SMILES string of the molecule is Nc1ncc(C(F)(F)F)c(-c2cnn(C3COC3)c2)n1. The van der Waals surface area contributed by atoms with E-state index in [9.17, 15) is 13.2 Å². The van der Waals surface area contributed by atoms with E-state index in [4.69, 9.17) is 10.5 Å². The van der Waals surface area contributed by atoms with Gasteiger partial charge in [-0.3, -0.25) is 4.68 Å². The summed E-state index contributed by atoms with van der Waals surface area (Å²) < 4.78 is 45.4. The highest BCUT2D eigenvalue weighted by molar-refractivity contribution is 5.63. The van der Waals surface area contributed by atoms with Crippen LogP contribution in [0.15, 0.2) is 18.6 Å². The summed E-state index contributed by atoms with van der Waals surface area (Å²) in [5.74, 6) is -0.215. The van der Waals surface area contributed by atoms with Gasteiger partial charge in [0.2, 0.25) is 5.95 Å². The van der Waals surface area contributed by atoms with Gasteiger partial charge in [-0.05, 0) is 0 Å². The topological polar surface area (TPSA) is 78.8 Å². The molecule has 0 saturated carbocycles. The van der Waals surface area contributed by atoms with E-state index >= 15 is 0 Å². The van der Waals surface area contributed by atoms with Crippen molar-refractivity contribution in [2.75, 3.05) is 18.9 Å². The van der Waals surface area contributed by atoms with Gasteiger partial charge in [0.05, 0.1) is 31.1 Å². The molecule has 6 nitrogen and oxygen atoms in total. The Morgan fingerprint density at radius 1 is 1.30 bits per heavy atom. The molecule has 0 radical (unpaired) electrons. The largest absolute Gasteiger partial charge is 0.419 e. The van der Waals surface area contributed by atoms with Gasteiger partial charge in [-0.1, -0.05) is 0 Å². The number of alkyl halides is 3. The van der Waals surface area contributed by atoms with Gasteiger partial charge >= 0.3 is 6.18 Å². The van der Waals surface area contributed by atoms with Crippen LogP contribution in [0.2, 0.25) is 0 Å². The second-order valence-electron chi connectivity index (χ2n) is 4.39. The van der Waals surface area contributed by atoms with Crippen LogP contribution in [0, 0.1) is 0 Å². The maximum absolute atomic E-state index is 12.9. The average molecular weight is 285 g/mol. The summed E-state index contributed by atoms with van der Waals surface area (Å²) in [6.07, 6.45) is -1.04. The van der Waals surface area contributed by atoms with Crippen molar-refractivity contribution in [2.24, 2.45) is 0 Å². The highest BCUT2D eigenvalue weighted by Crippen LogP contribution is 2.36. The van der Waals surface area contributed by atoms with Crippen LogP contribution >= 0.6 is 0 Å². The van der Waals surface area contributed by atoms with Crippen LogP contribution in [0.1, 0.15) is 11.6 Å². The summed E-state index contributed by atoms with van der Waals surface area (Å²) >= 11 is 0. The Hall–Kier alpha value is -2.16. The third-order valence-corrected chi connectivity index (χ3v) is 2.98. The smallest absolute Gasteiger partial charge is 0.377 e. The molecule has 20 heavy (non-hydrogen) atoms. The van der Waals surface area contributed by atoms with E-state index in [1.165, 1.54) is 12.4 Å². The van der Waals surface area contributed by atoms with Crippen LogP contribution in [0.25, 0.3) is 11.3 Å². The van der Waals surface area contributed by atoms with E-state index in [-0.39, 0.29) is 23.2 Å². The molecule has 3 rings (SSSR count). The van der Waals surface area contributed by atoms with Crippen LogP contribution in [-0.2, 0) is 10.9 Å². The molecule has 3 heterocycles. The van der Waals surface area contributed by atoms with E-state index in [1.54, 1.807) is 4.68 Å². The van der Waals surface area contributed by atoms with Crippen molar-refractivity contribution in [3.63, 3.8) is 0 Å². The predicted octanol–water partition coefficient (Wildman–Crippen LogP) is 1.51. The standard InChI is InChI=1S/C11H10F3N5O/c12-11(13,14)8-2-16-10(15)18-9(8)6-1-17-19(3-6)7-4-20-5-7/h1-3,7H,4-5H2,(H2,15,16,18). The van der Waals surface area contributed by atoms with Crippen LogP contribution in [-0.4, -0.2) is 33.0 Å². The minimum atomic E-state index is -4.55. The molecule has 106 valence electrons. The molecule has 2 aromatic rings. The first-order chi connectivity index (χ1) is 9.45. The number of nitrogens with two attached hydrogens (primary N) is 1. The number of hydrogen-bond acceptors (Lipinski definition) is 5. The Morgan fingerprint density at radius 3 is 2.65 bits per heavy atom. The fourth-order valence-corrected chi connectivity index (χ4v) is 1.86. The lowest BCUT2D eigenvalue weighted by atomic mass is 10.1. The zero-order valence-electron chi connectivity index (χ0n) is 10.1. The normalized spacial score (nSPS) is 16.1. The van der Waals surface area contributed by atoms with Crippen molar-refractivity contribution in [3.05, 3.63) is 24.2 Å². The average Bonchev–Trinajstić information content (AvgIpc) is 2.74. The quantitative estimate of drug-likeness (QED) is 0.904. The van der Waals surface area contributed by atoms with E-state index in [1.807, 2.05) is 0 Å². The molecule has 0 bridgehead atoms. The molecule has 0 atom stereocenters. The van der Waals surface area contributed by atoms with Gasteiger partial charge in [0.15, 0.2) is 0 Å². The Labute approximate surface area is 111 Å². The molecule has 0 aliphatic carbocycles. The molecule has 0 spiro atoms. The molecular weight excluding hydrogens is 275 g/mol. The Morgan fingerprint density at radius 2 is 2.05 bits per heavy atom. The summed E-state index contributed by atoms with van der Waals surface area (Å²) in [6, 6.07) is 0.0530. The second kappa shape index (κ2) is 4.44. The number of hydrogen-bond donors (Lipinski definition) is 1. The summed E-state index contributed by atoms with van der Waals surface area (Å²) in [5.41, 5.74) is 4.42. The predicted molar refractivity (Wildman–Crippen MR) is 62.5 cm³/mol. The number of halogens is 3. The molecule has 0 unspecified atom stereocenters. The monoisotopic (exact) mass is 285 g/mol. The number of aromatic nitrogens is 4. The molecule has 0 amide bonds. The minimum absolute atomic E-state index is 0.0530. The van der Waals surface area contributed by atoms with E-state index in [0.717, 1.165) is 0 Å². The van der Waals surface area contributed by atoms with E-state index in [2.05, 4.69) is 15.1 Å². The zero-order valence-corrected chi connectivity index (χ0v) is 10.1. The summed E-state index contributed by atoms with van der Waals surface area (Å²) in [4.78, 5) is 7.09. The Kier molecular flexibility index (Phi) is 2.85. The molecule has 2 N–H and O–H groups in total. The van der Waals surface area contributed by atoms with Crippen LogP contribution in [0.4, 0.5) is 19.1 Å². The maximum Gasteiger partial charge on any atom is 0.419 e. The lowest BCUT2D eigenvalue weighted by Crippen LogP contribution is -2.30. The van der Waals surface area contributed by atoms with E-state index < -0.39 is 11.7 Å². The second-order valence-corrected chi connectivity index (χ2v) is 4.39. The molecule has 0 aromatic carbocycles. The van der Waals surface area contributed by atoms with Crippen LogP contribution in [0.3, 0.4) is 0 Å². The first-order valence-electron chi connectivity index (χ1n) is 5.77. The molecule has 1 saturated heterocycles.